The summed E-state index contributed by atoms with van der Waals surface area (Å²) in [7, 11) is 0. The van der Waals surface area contributed by atoms with E-state index in [1.165, 1.54) is 0 Å². The van der Waals surface area contributed by atoms with Gasteiger partial charge >= 0.3 is 5.97 Å². The summed E-state index contributed by atoms with van der Waals surface area (Å²) in [5.74, 6) is -7.45. The number of amides is 3. The summed E-state index contributed by atoms with van der Waals surface area (Å²) in [6.45, 7) is -0.609. The Hall–Kier alpha value is -2.88. The smallest absolute Gasteiger partial charge is 0.364 e. The van der Waals surface area contributed by atoms with E-state index in [-0.39, 0.29) is 0 Å². The Kier molecular flexibility index (Phi) is 17.4. The van der Waals surface area contributed by atoms with Crippen LogP contribution in [0.15, 0.2) is 0 Å². The maximum absolute atomic E-state index is 12.9. The SMILES string of the molecule is CC(=O)N[C@@H]1[C@@H](O[C@@H]2O[C@H](CO)[C@H](O)[C@H](O[C@]3(C(=O)O)C[C@H](O)[C@@H](NC(C)=O)[C@H]([C@H](O)[C@H](O)CO)O3)[C@H]2O)[C@@H](O)[C@@H](CO[C@@H]2O[C@H](CO)[C@@H](O)[C@H](O)[C@H]2NC(C)=O)O[C@@H]1O. The molecule has 0 spiro atoms. The van der Waals surface area contributed by atoms with Crippen LogP contribution >= 0.6 is 0 Å². The van der Waals surface area contributed by atoms with E-state index in [1.54, 1.807) is 0 Å². The predicted octanol–water partition coefficient (Wildman–Crippen LogP) is -10.1. The van der Waals surface area contributed by atoms with Crippen molar-refractivity contribution in [3.63, 3.8) is 0 Å². The molecule has 4 fully saturated rings. The largest absolute Gasteiger partial charge is 0.477 e. The number of hydrogen-bond donors (Lipinski definition) is 16. The van der Waals surface area contributed by atoms with Crippen molar-refractivity contribution in [2.24, 2.45) is 0 Å². The van der Waals surface area contributed by atoms with Crippen LogP contribution in [0, 0.1) is 0 Å². The normalized spacial score (nSPS) is 43.3. The minimum absolute atomic E-state index is 0.686. The topological polar surface area (TPSA) is 432 Å². The molecule has 4 saturated heterocycles. The Morgan fingerprint density at radius 2 is 1.22 bits per heavy atom. The van der Waals surface area contributed by atoms with E-state index in [1.807, 2.05) is 0 Å². The van der Waals surface area contributed by atoms with Gasteiger partial charge in [-0.2, -0.15) is 0 Å². The van der Waals surface area contributed by atoms with Gasteiger partial charge in [0.05, 0.1) is 38.6 Å². The number of carboxylic acids is 1. The molecule has 27 nitrogen and oxygen atoms in total. The second-order valence-corrected chi connectivity index (χ2v) is 14.8. The van der Waals surface area contributed by atoms with Crippen LogP contribution in [0.4, 0.5) is 0 Å². The number of aliphatic carboxylic acids is 1. The summed E-state index contributed by atoms with van der Waals surface area (Å²) >= 11 is 0. The van der Waals surface area contributed by atoms with Crippen molar-refractivity contribution in [2.75, 3.05) is 26.4 Å². The highest BCUT2D eigenvalue weighted by Gasteiger charge is 2.60. The lowest BCUT2D eigenvalue weighted by Gasteiger charge is -2.51. The van der Waals surface area contributed by atoms with Gasteiger partial charge in [-0.15, -0.1) is 0 Å². The van der Waals surface area contributed by atoms with Gasteiger partial charge in [-0.3, -0.25) is 14.4 Å². The highest BCUT2D eigenvalue weighted by Crippen LogP contribution is 2.38. The molecule has 0 aromatic heterocycles. The first-order valence-electron chi connectivity index (χ1n) is 18.7. The first-order chi connectivity index (χ1) is 28.1. The molecule has 27 heteroatoms. The van der Waals surface area contributed by atoms with E-state index >= 15 is 0 Å². The molecule has 0 aromatic rings. The number of carbonyl (C=O) groups is 4. The van der Waals surface area contributed by atoms with Crippen LogP contribution in [0.3, 0.4) is 0 Å². The predicted molar refractivity (Wildman–Crippen MR) is 186 cm³/mol. The Labute approximate surface area is 340 Å². The number of rotatable bonds is 16. The second kappa shape index (κ2) is 21.0. The van der Waals surface area contributed by atoms with Gasteiger partial charge in [0.15, 0.2) is 18.9 Å². The zero-order chi connectivity index (χ0) is 45.0. The van der Waals surface area contributed by atoms with Gasteiger partial charge in [0.2, 0.25) is 17.7 Å². The number of hydrogen-bond acceptors (Lipinski definition) is 23. The molecule has 4 aliphatic heterocycles. The molecule has 3 amide bonds. The van der Waals surface area contributed by atoms with E-state index in [9.17, 15) is 85.6 Å². The van der Waals surface area contributed by atoms with Gasteiger partial charge in [-0.05, 0) is 0 Å². The molecule has 16 N–H and O–H groups in total. The standard InChI is InChI=1S/C33H55N3O24/c1-9(40)34-17-12(43)4-33(32(52)53,59-27(17)20(45)13(44)5-37)60-28-22(47)15(7-39)57-31(25(28)50)58-26-19(36-11(3)42)29(51)55-16(23(26)48)8-54-30-18(35-10(2)41)24(49)21(46)14(6-38)56-30/h12-31,37-39,43-51H,4-8H2,1-3H3,(H,34,40)(H,35,41)(H,36,42)(H,52,53)/t12-,13+,14+,15+,16+,17+,18+,19+,20+,21+,22-,23-,24+,25+,26+,27+,28-,29-,30+,31-,33-/m0/s1. The van der Waals surface area contributed by atoms with Crippen LogP contribution in [0.5, 0.6) is 0 Å². The molecule has 4 aliphatic rings. The van der Waals surface area contributed by atoms with Gasteiger partial charge in [-0.1, -0.05) is 0 Å². The molecule has 4 rings (SSSR count). The average molecular weight is 878 g/mol. The molecule has 0 radical (unpaired) electrons. The van der Waals surface area contributed by atoms with Gasteiger partial charge < -0.3 is 115 Å². The van der Waals surface area contributed by atoms with E-state index in [2.05, 4.69) is 16.0 Å². The Balaban J connectivity index is 1.63. The van der Waals surface area contributed by atoms with E-state index < -0.39 is 185 Å². The summed E-state index contributed by atoms with van der Waals surface area (Å²) < 4.78 is 39.3. The van der Waals surface area contributed by atoms with Crippen molar-refractivity contribution in [2.45, 2.75) is 155 Å². The molecule has 0 unspecified atom stereocenters. The second-order valence-electron chi connectivity index (χ2n) is 14.8. The number of carbonyl (C=O) groups excluding carboxylic acids is 3. The van der Waals surface area contributed by atoms with Gasteiger partial charge in [0.25, 0.3) is 5.79 Å². The summed E-state index contributed by atoms with van der Waals surface area (Å²) in [4.78, 5) is 48.8. The van der Waals surface area contributed by atoms with E-state index in [0.717, 1.165) is 20.8 Å². The van der Waals surface area contributed by atoms with Crippen LogP contribution in [-0.4, -0.2) is 245 Å². The van der Waals surface area contributed by atoms with Crippen molar-refractivity contribution < 1.29 is 119 Å². The molecule has 4 heterocycles. The molecular formula is C33H55N3O24. The monoisotopic (exact) mass is 877 g/mol. The lowest BCUT2D eigenvalue weighted by molar-refractivity contribution is -0.381. The van der Waals surface area contributed by atoms with Crippen molar-refractivity contribution in [1.82, 2.24) is 16.0 Å². The fourth-order valence-electron chi connectivity index (χ4n) is 7.35. The van der Waals surface area contributed by atoms with E-state index in [0.29, 0.717) is 0 Å². The number of aliphatic hydroxyl groups is 12. The number of carboxylic acid groups (broad SMARTS) is 1. The fourth-order valence-corrected chi connectivity index (χ4v) is 7.35. The van der Waals surface area contributed by atoms with Crippen molar-refractivity contribution in [3.05, 3.63) is 0 Å². The zero-order valence-corrected chi connectivity index (χ0v) is 32.4. The molecule has 0 aliphatic carbocycles. The highest BCUT2D eigenvalue weighted by molar-refractivity contribution is 5.77. The van der Waals surface area contributed by atoms with Gasteiger partial charge in [0, 0.05) is 27.2 Å². The third-order valence-corrected chi connectivity index (χ3v) is 10.4. The third kappa shape index (κ3) is 11.0. The van der Waals surface area contributed by atoms with Crippen LogP contribution in [0.2, 0.25) is 0 Å². The molecule has 346 valence electrons. The molecule has 21 atom stereocenters. The van der Waals surface area contributed by atoms with Gasteiger partial charge in [-0.25, -0.2) is 4.79 Å². The lowest BCUT2D eigenvalue weighted by Crippen LogP contribution is -2.71. The zero-order valence-electron chi connectivity index (χ0n) is 32.4. The van der Waals surface area contributed by atoms with Crippen LogP contribution in [0.25, 0.3) is 0 Å². The maximum Gasteiger partial charge on any atom is 0.364 e. The Morgan fingerprint density at radius 3 is 1.77 bits per heavy atom. The fraction of sp³-hybridized carbons (Fsp3) is 0.879. The quantitative estimate of drug-likeness (QED) is 0.0684. The molecule has 0 bridgehead atoms. The Bertz CT molecular complexity index is 1470. The summed E-state index contributed by atoms with van der Waals surface area (Å²) in [6.07, 6.45) is -33.9. The summed E-state index contributed by atoms with van der Waals surface area (Å²) in [5.41, 5.74) is 0. The molecule has 0 aromatic carbocycles. The molecule has 0 saturated carbocycles. The first kappa shape index (κ1) is 49.8. The number of aliphatic hydroxyl groups excluding tert-OH is 12. The summed E-state index contributed by atoms with van der Waals surface area (Å²) in [5, 5.41) is 145. The molecular weight excluding hydrogens is 822 g/mol. The minimum Gasteiger partial charge on any atom is -0.477 e. The number of ether oxygens (including phenoxy) is 7. The van der Waals surface area contributed by atoms with Crippen molar-refractivity contribution in [3.8, 4) is 0 Å². The first-order valence-corrected chi connectivity index (χ1v) is 18.7. The summed E-state index contributed by atoms with van der Waals surface area (Å²) in [6, 6.07) is -4.74. The molecule has 60 heavy (non-hydrogen) atoms. The van der Waals surface area contributed by atoms with Crippen LogP contribution < -0.4 is 16.0 Å². The lowest BCUT2D eigenvalue weighted by atomic mass is 9.88. The van der Waals surface area contributed by atoms with Crippen molar-refractivity contribution >= 4 is 23.7 Å². The van der Waals surface area contributed by atoms with Crippen LogP contribution in [-0.2, 0) is 52.3 Å². The Morgan fingerprint density at radius 1 is 0.683 bits per heavy atom. The number of nitrogens with one attached hydrogen (secondary N) is 3. The van der Waals surface area contributed by atoms with Crippen LogP contribution in [0.1, 0.15) is 27.2 Å². The highest BCUT2D eigenvalue weighted by atomic mass is 16.8. The minimum atomic E-state index is -3.13. The van der Waals surface area contributed by atoms with E-state index in [4.69, 9.17) is 33.2 Å². The van der Waals surface area contributed by atoms with Crippen molar-refractivity contribution in [1.29, 1.82) is 0 Å². The average Bonchev–Trinajstić information content (AvgIpc) is 3.18. The van der Waals surface area contributed by atoms with Gasteiger partial charge in [0.1, 0.15) is 91.4 Å². The maximum atomic E-state index is 12.9. The third-order valence-electron chi connectivity index (χ3n) is 10.4.